The number of nitrogens with two attached hydrogens (primary N) is 2. The molecule has 0 radical (unpaired) electrons. The van der Waals surface area contributed by atoms with Crippen LogP contribution in [0.25, 0.3) is 0 Å². The van der Waals surface area contributed by atoms with E-state index in [0.717, 1.165) is 6.07 Å². The van der Waals surface area contributed by atoms with Crippen molar-refractivity contribution in [3.63, 3.8) is 0 Å². The fourth-order valence-electron chi connectivity index (χ4n) is 1.48. The van der Waals surface area contributed by atoms with Crippen molar-refractivity contribution in [3.8, 4) is 17.2 Å². The molecular weight excluding hydrogens is 273 g/mol. The van der Waals surface area contributed by atoms with Crippen LogP contribution in [0.15, 0.2) is 42.5 Å². The van der Waals surface area contributed by atoms with E-state index in [1.54, 1.807) is 12.1 Å². The summed E-state index contributed by atoms with van der Waals surface area (Å²) in [5, 5.41) is 0. The summed E-state index contributed by atoms with van der Waals surface area (Å²) in [5.41, 5.74) is 11.6. The number of anilines is 2. The first-order valence-electron chi connectivity index (χ1n) is 5.52. The molecule has 0 atom stereocenters. The summed E-state index contributed by atoms with van der Waals surface area (Å²) in [6.45, 7) is 0. The van der Waals surface area contributed by atoms with Crippen LogP contribution in [0, 0.1) is 0 Å². The molecule has 0 aliphatic carbocycles. The molecule has 2 rings (SSSR count). The first-order valence-corrected chi connectivity index (χ1v) is 5.52. The molecule has 0 aliphatic heterocycles. The van der Waals surface area contributed by atoms with E-state index in [-0.39, 0.29) is 11.4 Å². The van der Waals surface area contributed by atoms with E-state index in [0.29, 0.717) is 11.4 Å². The lowest BCUT2D eigenvalue weighted by Crippen LogP contribution is -2.17. The number of hydrogen-bond acceptors (Lipinski definition) is 4. The van der Waals surface area contributed by atoms with Crippen LogP contribution >= 0.6 is 0 Å². The molecule has 0 heterocycles. The summed E-state index contributed by atoms with van der Waals surface area (Å²) >= 11 is 0. The second-order valence-electron chi connectivity index (χ2n) is 3.93. The summed E-state index contributed by atoms with van der Waals surface area (Å²) in [6, 6.07) is 9.95. The Hall–Kier alpha value is -2.57. The average molecular weight is 284 g/mol. The molecule has 0 aliphatic rings. The van der Waals surface area contributed by atoms with E-state index in [4.69, 9.17) is 16.2 Å². The summed E-state index contributed by atoms with van der Waals surface area (Å²) in [5.74, 6) is -0.272. The molecule has 0 amide bonds. The van der Waals surface area contributed by atoms with Crippen LogP contribution in [0.2, 0.25) is 0 Å². The molecule has 2 aromatic rings. The molecule has 7 heteroatoms. The Bertz CT molecular complexity index is 598. The minimum absolute atomic E-state index is 0.0960. The maximum absolute atomic E-state index is 12.3. The molecule has 0 fully saturated rings. The fraction of sp³-hybridized carbons (Fsp3) is 0.0769. The van der Waals surface area contributed by atoms with Gasteiger partial charge < -0.3 is 20.9 Å². The van der Waals surface area contributed by atoms with E-state index >= 15 is 0 Å². The summed E-state index contributed by atoms with van der Waals surface area (Å²) < 4.78 is 46.1. The molecule has 0 saturated heterocycles. The zero-order chi connectivity index (χ0) is 14.8. The van der Waals surface area contributed by atoms with Gasteiger partial charge in [-0.15, -0.1) is 13.2 Å². The van der Waals surface area contributed by atoms with Crippen molar-refractivity contribution in [2.24, 2.45) is 0 Å². The Morgan fingerprint density at radius 2 is 1.40 bits per heavy atom. The Morgan fingerprint density at radius 1 is 0.800 bits per heavy atom. The Kier molecular flexibility index (Phi) is 3.60. The smallest absolute Gasteiger partial charge is 0.453 e. The molecule has 0 spiro atoms. The number of hydrogen-bond donors (Lipinski definition) is 2. The third-order valence-electron chi connectivity index (χ3n) is 2.30. The lowest BCUT2D eigenvalue weighted by Gasteiger charge is -2.14. The molecule has 4 nitrogen and oxygen atoms in total. The van der Waals surface area contributed by atoms with Crippen molar-refractivity contribution < 1.29 is 22.6 Å². The highest BCUT2D eigenvalue weighted by Gasteiger charge is 2.32. The van der Waals surface area contributed by atoms with Gasteiger partial charge in [-0.1, -0.05) is 0 Å². The normalized spacial score (nSPS) is 11.2. The van der Waals surface area contributed by atoms with Crippen LogP contribution in [0.1, 0.15) is 0 Å². The second kappa shape index (κ2) is 5.20. The van der Waals surface area contributed by atoms with Gasteiger partial charge in [0, 0.05) is 17.4 Å². The molecule has 4 N–H and O–H groups in total. The summed E-state index contributed by atoms with van der Waals surface area (Å²) in [7, 11) is 0. The zero-order valence-electron chi connectivity index (χ0n) is 10.1. The highest BCUT2D eigenvalue weighted by Crippen LogP contribution is 2.36. The average Bonchev–Trinajstić information content (AvgIpc) is 2.33. The third-order valence-corrected chi connectivity index (χ3v) is 2.30. The van der Waals surface area contributed by atoms with E-state index < -0.39 is 12.1 Å². The highest BCUT2D eigenvalue weighted by atomic mass is 19.4. The number of nitrogen functional groups attached to an aromatic ring is 2. The standard InChI is InChI=1S/C13H11F3N2O2/c14-13(15,16)20-12-7-9(18)3-6-11(12)19-10-4-1-8(17)2-5-10/h1-7H,17-18H2. The highest BCUT2D eigenvalue weighted by molar-refractivity contribution is 5.53. The number of ether oxygens (including phenoxy) is 2. The predicted octanol–water partition coefficient (Wildman–Crippen LogP) is 3.54. The van der Waals surface area contributed by atoms with Crippen molar-refractivity contribution in [3.05, 3.63) is 42.5 Å². The molecule has 20 heavy (non-hydrogen) atoms. The van der Waals surface area contributed by atoms with Gasteiger partial charge in [0.05, 0.1) is 0 Å². The van der Waals surface area contributed by atoms with Crippen molar-refractivity contribution in [1.82, 2.24) is 0 Å². The van der Waals surface area contributed by atoms with Gasteiger partial charge in [0.1, 0.15) is 5.75 Å². The lowest BCUT2D eigenvalue weighted by atomic mass is 10.2. The third kappa shape index (κ3) is 3.71. The Labute approximate surface area is 112 Å². The minimum atomic E-state index is -4.83. The van der Waals surface area contributed by atoms with E-state index in [2.05, 4.69) is 4.74 Å². The predicted molar refractivity (Wildman–Crippen MR) is 68.5 cm³/mol. The number of benzene rings is 2. The largest absolute Gasteiger partial charge is 0.573 e. The Balaban J connectivity index is 2.28. The summed E-state index contributed by atoms with van der Waals surface area (Å²) in [4.78, 5) is 0. The molecule has 0 aromatic heterocycles. The van der Waals surface area contributed by atoms with Crippen LogP contribution in [0.5, 0.6) is 17.2 Å². The molecular formula is C13H11F3N2O2. The van der Waals surface area contributed by atoms with Crippen LogP contribution in [-0.4, -0.2) is 6.36 Å². The lowest BCUT2D eigenvalue weighted by molar-refractivity contribution is -0.275. The first-order chi connectivity index (χ1) is 9.33. The van der Waals surface area contributed by atoms with Gasteiger partial charge in [-0.3, -0.25) is 0 Å². The van der Waals surface area contributed by atoms with Gasteiger partial charge in [-0.2, -0.15) is 0 Å². The number of alkyl halides is 3. The quantitative estimate of drug-likeness (QED) is 0.846. The van der Waals surface area contributed by atoms with Crippen molar-refractivity contribution in [1.29, 1.82) is 0 Å². The monoisotopic (exact) mass is 284 g/mol. The van der Waals surface area contributed by atoms with Gasteiger partial charge >= 0.3 is 6.36 Å². The van der Waals surface area contributed by atoms with Crippen LogP contribution in [-0.2, 0) is 0 Å². The van der Waals surface area contributed by atoms with Gasteiger partial charge in [-0.25, -0.2) is 0 Å². The molecule has 0 bridgehead atoms. The van der Waals surface area contributed by atoms with E-state index in [1.165, 1.54) is 24.3 Å². The molecule has 106 valence electrons. The zero-order valence-corrected chi connectivity index (χ0v) is 10.1. The van der Waals surface area contributed by atoms with Crippen LogP contribution < -0.4 is 20.9 Å². The summed E-state index contributed by atoms with van der Waals surface area (Å²) in [6.07, 6.45) is -4.83. The van der Waals surface area contributed by atoms with Crippen molar-refractivity contribution in [2.45, 2.75) is 6.36 Å². The topological polar surface area (TPSA) is 70.5 Å². The van der Waals surface area contributed by atoms with Crippen LogP contribution in [0.4, 0.5) is 24.5 Å². The maximum Gasteiger partial charge on any atom is 0.573 e. The fourth-order valence-corrected chi connectivity index (χ4v) is 1.48. The number of halogens is 3. The number of rotatable bonds is 3. The molecule has 0 unspecified atom stereocenters. The maximum atomic E-state index is 12.3. The van der Waals surface area contributed by atoms with Gasteiger partial charge in [-0.05, 0) is 36.4 Å². The van der Waals surface area contributed by atoms with Gasteiger partial charge in [0.15, 0.2) is 11.5 Å². The van der Waals surface area contributed by atoms with Crippen molar-refractivity contribution >= 4 is 11.4 Å². The molecule has 0 saturated carbocycles. The van der Waals surface area contributed by atoms with Gasteiger partial charge in [0.2, 0.25) is 0 Å². The molecule has 2 aromatic carbocycles. The van der Waals surface area contributed by atoms with E-state index in [9.17, 15) is 13.2 Å². The first kappa shape index (κ1) is 13.9. The van der Waals surface area contributed by atoms with Crippen LogP contribution in [0.3, 0.4) is 0 Å². The SMILES string of the molecule is Nc1ccc(Oc2ccc(N)cc2OC(F)(F)F)cc1. The second-order valence-corrected chi connectivity index (χ2v) is 3.93. The Morgan fingerprint density at radius 3 is 2.00 bits per heavy atom. The van der Waals surface area contributed by atoms with E-state index in [1.807, 2.05) is 0 Å². The van der Waals surface area contributed by atoms with Gasteiger partial charge in [0.25, 0.3) is 0 Å². The minimum Gasteiger partial charge on any atom is -0.453 e. The van der Waals surface area contributed by atoms with Crippen molar-refractivity contribution in [2.75, 3.05) is 11.5 Å².